The lowest BCUT2D eigenvalue weighted by atomic mass is 9.90. The fourth-order valence-corrected chi connectivity index (χ4v) is 8.18. The summed E-state index contributed by atoms with van der Waals surface area (Å²) >= 11 is 0. The number of aromatic nitrogens is 4. The molecule has 276 valence electrons. The highest BCUT2D eigenvalue weighted by atomic mass is 15.1. The average Bonchev–Trinajstić information content (AvgIpc) is 3.71. The third kappa shape index (κ3) is 6.43. The average molecular weight is 753 g/mol. The molecule has 59 heavy (non-hydrogen) atoms. The summed E-state index contributed by atoms with van der Waals surface area (Å²) in [6.45, 7) is 0. The van der Waals surface area contributed by atoms with Crippen molar-refractivity contribution in [3.05, 3.63) is 218 Å². The Hall–Kier alpha value is -7.95. The highest BCUT2D eigenvalue weighted by Crippen LogP contribution is 2.38. The van der Waals surface area contributed by atoms with Crippen molar-refractivity contribution in [2.45, 2.75) is 0 Å². The largest absolute Gasteiger partial charge is 0.292 e. The SMILES string of the molecule is c1ccc(-c2nc3ccccc3n2-c2ccc(-c3cc(-c4ccc(-c5ccc6ccccc6n5)cc4)ccc3-c3ccc(-c4ccc5ccccc5n4)cc3)cc2)cc1. The second kappa shape index (κ2) is 14.5. The van der Waals surface area contributed by atoms with E-state index in [1.54, 1.807) is 0 Å². The molecule has 0 atom stereocenters. The normalized spacial score (nSPS) is 11.4. The van der Waals surface area contributed by atoms with Gasteiger partial charge in [-0.05, 0) is 88.0 Å². The topological polar surface area (TPSA) is 43.6 Å². The first-order valence-electron chi connectivity index (χ1n) is 19.9. The number of nitrogens with zero attached hydrogens (tertiary/aromatic N) is 4. The van der Waals surface area contributed by atoms with Crippen LogP contribution in [0.2, 0.25) is 0 Å². The minimum Gasteiger partial charge on any atom is -0.292 e. The maximum absolute atomic E-state index is 5.08. The first-order chi connectivity index (χ1) is 29.2. The number of fused-ring (bicyclic) bond motifs is 3. The molecule has 4 nitrogen and oxygen atoms in total. The van der Waals surface area contributed by atoms with Crippen molar-refractivity contribution in [3.8, 4) is 73.0 Å². The van der Waals surface area contributed by atoms with E-state index < -0.39 is 0 Å². The summed E-state index contributed by atoms with van der Waals surface area (Å²) in [5, 5.41) is 2.28. The number of hydrogen-bond acceptors (Lipinski definition) is 3. The van der Waals surface area contributed by atoms with Crippen molar-refractivity contribution in [2.24, 2.45) is 0 Å². The number of hydrogen-bond donors (Lipinski definition) is 0. The molecule has 0 radical (unpaired) electrons. The lowest BCUT2D eigenvalue weighted by Crippen LogP contribution is -1.97. The molecule has 0 aliphatic rings. The zero-order valence-electron chi connectivity index (χ0n) is 32.1. The van der Waals surface area contributed by atoms with E-state index >= 15 is 0 Å². The zero-order chi connectivity index (χ0) is 39.1. The van der Waals surface area contributed by atoms with Crippen LogP contribution < -0.4 is 0 Å². The Morgan fingerprint density at radius 2 is 0.780 bits per heavy atom. The zero-order valence-corrected chi connectivity index (χ0v) is 32.1. The van der Waals surface area contributed by atoms with Crippen molar-refractivity contribution in [1.29, 1.82) is 0 Å². The molecule has 0 fully saturated rings. The van der Waals surface area contributed by atoms with E-state index in [0.717, 1.165) is 106 Å². The van der Waals surface area contributed by atoms with Crippen molar-refractivity contribution >= 4 is 32.8 Å². The summed E-state index contributed by atoms with van der Waals surface area (Å²) in [4.78, 5) is 15.0. The van der Waals surface area contributed by atoms with Gasteiger partial charge in [-0.3, -0.25) is 4.57 Å². The summed E-state index contributed by atoms with van der Waals surface area (Å²) in [7, 11) is 0. The summed E-state index contributed by atoms with van der Waals surface area (Å²) in [5.41, 5.74) is 17.2. The monoisotopic (exact) mass is 752 g/mol. The molecule has 0 amide bonds. The molecule has 3 aromatic heterocycles. The molecule has 8 aromatic carbocycles. The van der Waals surface area contributed by atoms with Crippen molar-refractivity contribution in [3.63, 3.8) is 0 Å². The van der Waals surface area contributed by atoms with Gasteiger partial charge in [0.2, 0.25) is 0 Å². The van der Waals surface area contributed by atoms with Crippen molar-refractivity contribution in [1.82, 2.24) is 19.5 Å². The van der Waals surface area contributed by atoms with Crippen LogP contribution in [-0.4, -0.2) is 19.5 Å². The summed E-state index contributed by atoms with van der Waals surface area (Å²) in [5.74, 6) is 0.922. The third-order valence-electron chi connectivity index (χ3n) is 11.3. The number of para-hydroxylation sites is 4. The Morgan fingerprint density at radius 3 is 1.42 bits per heavy atom. The summed E-state index contributed by atoms with van der Waals surface area (Å²) in [6.07, 6.45) is 0. The summed E-state index contributed by atoms with van der Waals surface area (Å²) in [6, 6.07) is 77.0. The molecule has 0 spiro atoms. The predicted octanol–water partition coefficient (Wildman–Crippen LogP) is 14.1. The number of imidazole rings is 1. The molecule has 0 N–H and O–H groups in total. The lowest BCUT2D eigenvalue weighted by molar-refractivity contribution is 1.10. The van der Waals surface area contributed by atoms with E-state index in [0.29, 0.717) is 0 Å². The van der Waals surface area contributed by atoms with Gasteiger partial charge in [0.15, 0.2) is 0 Å². The molecule has 0 aliphatic carbocycles. The fraction of sp³-hybridized carbons (Fsp3) is 0. The highest BCUT2D eigenvalue weighted by molar-refractivity contribution is 5.90. The van der Waals surface area contributed by atoms with Gasteiger partial charge in [0.25, 0.3) is 0 Å². The molecule has 0 saturated heterocycles. The van der Waals surface area contributed by atoms with Gasteiger partial charge >= 0.3 is 0 Å². The van der Waals surface area contributed by atoms with Crippen LogP contribution in [0.15, 0.2) is 218 Å². The first kappa shape index (κ1) is 34.3. The minimum absolute atomic E-state index is 0.922. The molecule has 0 unspecified atom stereocenters. The van der Waals surface area contributed by atoms with Crippen LogP contribution in [-0.2, 0) is 0 Å². The number of rotatable bonds is 7. The van der Waals surface area contributed by atoms with Gasteiger partial charge in [-0.1, -0.05) is 164 Å². The van der Waals surface area contributed by atoms with Gasteiger partial charge < -0.3 is 0 Å². The maximum atomic E-state index is 5.08. The van der Waals surface area contributed by atoms with E-state index in [1.807, 2.05) is 30.3 Å². The van der Waals surface area contributed by atoms with Crippen LogP contribution in [0.1, 0.15) is 0 Å². The fourth-order valence-electron chi connectivity index (χ4n) is 8.18. The Bertz CT molecular complexity index is 3290. The molecule has 0 bridgehead atoms. The van der Waals surface area contributed by atoms with Gasteiger partial charge in [0, 0.05) is 33.2 Å². The van der Waals surface area contributed by atoms with E-state index in [2.05, 4.69) is 193 Å². The molecule has 11 aromatic rings. The van der Waals surface area contributed by atoms with E-state index in [-0.39, 0.29) is 0 Å². The standard InChI is InChI=1S/C55H36N4/c1-2-12-44(13-3-1)55-58-53-16-8-9-17-54(53)59(55)46-31-26-39(27-32-46)48-36-45(37-18-22-42(23-19-37)51-34-29-40-10-4-6-14-49(40)56-51)28-33-47(48)38-20-24-43(25-21-38)52-35-30-41-11-5-7-15-50(41)57-52/h1-36H. The maximum Gasteiger partial charge on any atom is 0.145 e. The molecule has 0 aliphatic heterocycles. The van der Waals surface area contributed by atoms with Crippen LogP contribution in [0.25, 0.3) is 106 Å². The quantitative estimate of drug-likeness (QED) is 0.163. The van der Waals surface area contributed by atoms with Crippen LogP contribution in [0.5, 0.6) is 0 Å². The highest BCUT2D eigenvalue weighted by Gasteiger charge is 2.16. The van der Waals surface area contributed by atoms with E-state index in [4.69, 9.17) is 15.0 Å². The smallest absolute Gasteiger partial charge is 0.145 e. The molecular formula is C55H36N4. The van der Waals surface area contributed by atoms with Gasteiger partial charge in [-0.25, -0.2) is 15.0 Å². The molecule has 4 heteroatoms. The van der Waals surface area contributed by atoms with Crippen LogP contribution in [0.3, 0.4) is 0 Å². The molecular weight excluding hydrogens is 717 g/mol. The van der Waals surface area contributed by atoms with Crippen LogP contribution in [0.4, 0.5) is 0 Å². The van der Waals surface area contributed by atoms with Crippen molar-refractivity contribution < 1.29 is 0 Å². The van der Waals surface area contributed by atoms with Crippen LogP contribution >= 0.6 is 0 Å². The Kier molecular flexibility index (Phi) is 8.45. The second-order valence-corrected chi connectivity index (χ2v) is 14.9. The van der Waals surface area contributed by atoms with Gasteiger partial charge in [-0.2, -0.15) is 0 Å². The Balaban J connectivity index is 0.993. The van der Waals surface area contributed by atoms with Gasteiger partial charge in [-0.15, -0.1) is 0 Å². The van der Waals surface area contributed by atoms with Crippen LogP contribution in [0, 0.1) is 0 Å². The minimum atomic E-state index is 0.922. The lowest BCUT2D eigenvalue weighted by Gasteiger charge is -2.15. The second-order valence-electron chi connectivity index (χ2n) is 14.9. The molecule has 11 rings (SSSR count). The van der Waals surface area contributed by atoms with Gasteiger partial charge in [0.05, 0.1) is 33.5 Å². The van der Waals surface area contributed by atoms with Crippen molar-refractivity contribution in [2.75, 3.05) is 0 Å². The third-order valence-corrected chi connectivity index (χ3v) is 11.3. The van der Waals surface area contributed by atoms with E-state index in [1.165, 1.54) is 0 Å². The van der Waals surface area contributed by atoms with E-state index in [9.17, 15) is 0 Å². The van der Waals surface area contributed by atoms with Gasteiger partial charge in [0.1, 0.15) is 5.82 Å². The Labute approximate surface area is 342 Å². The number of pyridine rings is 2. The molecule has 0 saturated carbocycles. The summed E-state index contributed by atoms with van der Waals surface area (Å²) < 4.78 is 2.26. The Morgan fingerprint density at radius 1 is 0.288 bits per heavy atom. The first-order valence-corrected chi connectivity index (χ1v) is 19.9. The molecule has 3 heterocycles. The predicted molar refractivity (Wildman–Crippen MR) is 244 cm³/mol. The number of benzene rings is 8.